The standard InChI is InChI=1S/C21H28N4O2/c1-16-6-4-7-17(14-16)9-10-19(26)25-13-5-8-18(15-25)27-21-20(24(2)3)22-11-12-23-21/h4,6-7,11-12,14,18H,5,8-10,13,15H2,1-3H3. The minimum Gasteiger partial charge on any atom is -0.470 e. The monoisotopic (exact) mass is 368 g/mol. The molecule has 0 N–H and O–H groups in total. The molecule has 1 unspecified atom stereocenters. The van der Waals surface area contributed by atoms with Gasteiger partial charge in [-0.1, -0.05) is 29.8 Å². The van der Waals surface area contributed by atoms with Gasteiger partial charge in [-0.2, -0.15) is 0 Å². The number of aryl methyl sites for hydroxylation is 2. The number of likely N-dealkylation sites (tertiary alicyclic amines) is 1. The maximum atomic E-state index is 12.7. The van der Waals surface area contributed by atoms with Gasteiger partial charge in [-0.15, -0.1) is 0 Å². The lowest BCUT2D eigenvalue weighted by atomic mass is 10.0. The van der Waals surface area contributed by atoms with Crippen molar-refractivity contribution in [2.45, 2.75) is 38.7 Å². The molecule has 1 aliphatic rings. The van der Waals surface area contributed by atoms with E-state index in [0.717, 1.165) is 25.8 Å². The van der Waals surface area contributed by atoms with E-state index in [4.69, 9.17) is 4.74 Å². The van der Waals surface area contributed by atoms with Crippen molar-refractivity contribution in [3.05, 3.63) is 47.8 Å². The number of carbonyl (C=O) groups is 1. The molecule has 1 atom stereocenters. The van der Waals surface area contributed by atoms with E-state index in [2.05, 4.69) is 35.1 Å². The van der Waals surface area contributed by atoms with Crippen LogP contribution in [0.1, 0.15) is 30.4 Å². The Morgan fingerprint density at radius 3 is 2.89 bits per heavy atom. The highest BCUT2D eigenvalue weighted by Crippen LogP contribution is 2.24. The summed E-state index contributed by atoms with van der Waals surface area (Å²) in [7, 11) is 3.83. The van der Waals surface area contributed by atoms with Gasteiger partial charge in [0, 0.05) is 39.5 Å². The first-order valence-corrected chi connectivity index (χ1v) is 9.51. The summed E-state index contributed by atoms with van der Waals surface area (Å²) < 4.78 is 6.10. The molecule has 2 aromatic rings. The normalized spacial score (nSPS) is 16.9. The van der Waals surface area contributed by atoms with E-state index in [1.165, 1.54) is 11.1 Å². The largest absolute Gasteiger partial charge is 0.470 e. The molecule has 3 rings (SSSR count). The van der Waals surface area contributed by atoms with Crippen LogP contribution in [0.4, 0.5) is 5.82 Å². The molecule has 1 aliphatic heterocycles. The van der Waals surface area contributed by atoms with Gasteiger partial charge in [0.05, 0.1) is 6.54 Å². The Morgan fingerprint density at radius 2 is 2.11 bits per heavy atom. The molecule has 0 bridgehead atoms. The van der Waals surface area contributed by atoms with Gasteiger partial charge in [-0.25, -0.2) is 9.97 Å². The van der Waals surface area contributed by atoms with Gasteiger partial charge >= 0.3 is 0 Å². The fourth-order valence-corrected chi connectivity index (χ4v) is 3.40. The maximum Gasteiger partial charge on any atom is 0.257 e. The van der Waals surface area contributed by atoms with Crippen molar-refractivity contribution in [1.82, 2.24) is 14.9 Å². The predicted octanol–water partition coefficient (Wildman–Crippen LogP) is 2.85. The van der Waals surface area contributed by atoms with Crippen LogP contribution in [-0.4, -0.2) is 54.1 Å². The third kappa shape index (κ3) is 5.18. The Morgan fingerprint density at radius 1 is 1.30 bits per heavy atom. The fourth-order valence-electron chi connectivity index (χ4n) is 3.40. The van der Waals surface area contributed by atoms with Gasteiger partial charge in [0.25, 0.3) is 5.88 Å². The van der Waals surface area contributed by atoms with Crippen molar-refractivity contribution in [3.8, 4) is 5.88 Å². The van der Waals surface area contributed by atoms with E-state index < -0.39 is 0 Å². The van der Waals surface area contributed by atoms with Gasteiger partial charge in [0.1, 0.15) is 6.10 Å². The molecule has 1 amide bonds. The molecule has 1 fully saturated rings. The van der Waals surface area contributed by atoms with Crippen molar-refractivity contribution in [2.75, 3.05) is 32.1 Å². The average molecular weight is 368 g/mol. The first kappa shape index (κ1) is 19.1. The lowest BCUT2D eigenvalue weighted by molar-refractivity contribution is -0.133. The average Bonchev–Trinajstić information content (AvgIpc) is 2.66. The Balaban J connectivity index is 1.56. The van der Waals surface area contributed by atoms with Crippen LogP contribution in [0.3, 0.4) is 0 Å². The van der Waals surface area contributed by atoms with Crippen LogP contribution in [0.15, 0.2) is 36.7 Å². The number of carbonyl (C=O) groups excluding carboxylic acids is 1. The molecule has 1 saturated heterocycles. The number of ether oxygens (including phenoxy) is 1. The minimum atomic E-state index is -0.0444. The quantitative estimate of drug-likeness (QED) is 0.785. The summed E-state index contributed by atoms with van der Waals surface area (Å²) in [4.78, 5) is 25.1. The topological polar surface area (TPSA) is 58.6 Å². The zero-order chi connectivity index (χ0) is 19.2. The van der Waals surface area contributed by atoms with Crippen LogP contribution < -0.4 is 9.64 Å². The van der Waals surface area contributed by atoms with Crippen molar-refractivity contribution in [3.63, 3.8) is 0 Å². The molecule has 27 heavy (non-hydrogen) atoms. The van der Waals surface area contributed by atoms with Gasteiger partial charge in [0.2, 0.25) is 5.91 Å². The van der Waals surface area contributed by atoms with E-state index in [0.29, 0.717) is 24.7 Å². The lowest BCUT2D eigenvalue weighted by Crippen LogP contribution is -2.44. The van der Waals surface area contributed by atoms with Gasteiger partial charge in [-0.3, -0.25) is 4.79 Å². The van der Waals surface area contributed by atoms with Crippen LogP contribution in [0.2, 0.25) is 0 Å². The maximum absolute atomic E-state index is 12.7. The summed E-state index contributed by atoms with van der Waals surface area (Å²) in [5.41, 5.74) is 2.44. The summed E-state index contributed by atoms with van der Waals surface area (Å²) >= 11 is 0. The number of hydrogen-bond donors (Lipinski definition) is 0. The molecule has 144 valence electrons. The van der Waals surface area contributed by atoms with E-state index >= 15 is 0 Å². The highest BCUT2D eigenvalue weighted by molar-refractivity contribution is 5.76. The molecule has 6 heteroatoms. The van der Waals surface area contributed by atoms with Crippen molar-refractivity contribution in [1.29, 1.82) is 0 Å². The molecular weight excluding hydrogens is 340 g/mol. The van der Waals surface area contributed by atoms with Crippen LogP contribution in [0, 0.1) is 6.92 Å². The van der Waals surface area contributed by atoms with E-state index in [1.807, 2.05) is 30.0 Å². The number of nitrogens with zero attached hydrogens (tertiary/aromatic N) is 4. The predicted molar refractivity (Wildman–Crippen MR) is 106 cm³/mol. The highest BCUT2D eigenvalue weighted by Gasteiger charge is 2.26. The fraction of sp³-hybridized carbons (Fsp3) is 0.476. The Labute approximate surface area is 161 Å². The summed E-state index contributed by atoms with van der Waals surface area (Å²) in [6.07, 6.45) is 6.42. The Hall–Kier alpha value is -2.63. The molecule has 6 nitrogen and oxygen atoms in total. The zero-order valence-electron chi connectivity index (χ0n) is 16.4. The number of anilines is 1. The van der Waals surface area contributed by atoms with E-state index in [1.54, 1.807) is 12.4 Å². The number of rotatable bonds is 6. The number of amides is 1. The molecule has 0 radical (unpaired) electrons. The summed E-state index contributed by atoms with van der Waals surface area (Å²) in [6.45, 7) is 3.48. The third-order valence-corrected chi connectivity index (χ3v) is 4.79. The van der Waals surface area contributed by atoms with Crippen molar-refractivity contribution >= 4 is 11.7 Å². The summed E-state index contributed by atoms with van der Waals surface area (Å²) in [6, 6.07) is 8.35. The first-order chi connectivity index (χ1) is 13.0. The van der Waals surface area contributed by atoms with Crippen LogP contribution in [0.5, 0.6) is 5.88 Å². The SMILES string of the molecule is Cc1cccc(CCC(=O)N2CCCC(Oc3nccnc3N(C)C)C2)c1. The second-order valence-electron chi connectivity index (χ2n) is 7.29. The van der Waals surface area contributed by atoms with Crippen LogP contribution >= 0.6 is 0 Å². The van der Waals surface area contributed by atoms with Crippen molar-refractivity contribution in [2.24, 2.45) is 0 Å². The molecule has 0 spiro atoms. The Kier molecular flexibility index (Phi) is 6.27. The lowest BCUT2D eigenvalue weighted by Gasteiger charge is -2.33. The zero-order valence-corrected chi connectivity index (χ0v) is 16.4. The van der Waals surface area contributed by atoms with Gasteiger partial charge in [0.15, 0.2) is 5.82 Å². The molecule has 0 saturated carbocycles. The molecule has 1 aromatic carbocycles. The second-order valence-corrected chi connectivity index (χ2v) is 7.29. The molecular formula is C21H28N4O2. The first-order valence-electron chi connectivity index (χ1n) is 9.51. The van der Waals surface area contributed by atoms with Crippen LogP contribution in [-0.2, 0) is 11.2 Å². The molecule has 2 heterocycles. The number of piperidine rings is 1. The summed E-state index contributed by atoms with van der Waals surface area (Å²) in [5.74, 6) is 1.43. The molecule has 0 aliphatic carbocycles. The van der Waals surface area contributed by atoms with E-state index in [9.17, 15) is 4.79 Å². The van der Waals surface area contributed by atoms with E-state index in [-0.39, 0.29) is 12.0 Å². The Bertz CT molecular complexity index is 778. The van der Waals surface area contributed by atoms with Crippen LogP contribution in [0.25, 0.3) is 0 Å². The third-order valence-electron chi connectivity index (χ3n) is 4.79. The van der Waals surface area contributed by atoms with Crippen molar-refractivity contribution < 1.29 is 9.53 Å². The minimum absolute atomic E-state index is 0.0444. The smallest absolute Gasteiger partial charge is 0.257 e. The second kappa shape index (κ2) is 8.84. The number of hydrogen-bond acceptors (Lipinski definition) is 5. The number of aromatic nitrogens is 2. The van der Waals surface area contributed by atoms with Gasteiger partial charge < -0.3 is 14.5 Å². The molecule has 1 aromatic heterocycles. The number of benzene rings is 1. The van der Waals surface area contributed by atoms with Gasteiger partial charge in [-0.05, 0) is 31.7 Å². The highest BCUT2D eigenvalue weighted by atomic mass is 16.5. The summed E-state index contributed by atoms with van der Waals surface area (Å²) in [5, 5.41) is 0.